The van der Waals surface area contributed by atoms with Crippen LogP contribution in [0.2, 0.25) is 5.02 Å². The molecule has 0 bridgehead atoms. The molecule has 0 amide bonds. The van der Waals surface area contributed by atoms with Gasteiger partial charge in [0.25, 0.3) is 0 Å². The predicted molar refractivity (Wildman–Crippen MR) is 79.1 cm³/mol. The van der Waals surface area contributed by atoms with E-state index in [4.69, 9.17) is 16.3 Å². The lowest BCUT2D eigenvalue weighted by molar-refractivity contribution is 0.254. The number of hydrogen-bond donors (Lipinski definition) is 1. The summed E-state index contributed by atoms with van der Waals surface area (Å²) < 4.78 is 7.64. The van der Waals surface area contributed by atoms with Gasteiger partial charge in [-0.1, -0.05) is 29.3 Å². The molecule has 0 radical (unpaired) electrons. The van der Waals surface area contributed by atoms with Crippen molar-refractivity contribution in [3.63, 3.8) is 0 Å². The Hall–Kier alpha value is -1.52. The number of halogens is 1. The van der Waals surface area contributed by atoms with Crippen molar-refractivity contribution in [3.05, 3.63) is 45.7 Å². The quantitative estimate of drug-likeness (QED) is 0.921. The molecule has 1 aromatic carbocycles. The van der Waals surface area contributed by atoms with Gasteiger partial charge in [-0.3, -0.25) is 4.68 Å². The number of aliphatic hydroxyl groups is 1. The van der Waals surface area contributed by atoms with Gasteiger partial charge in [-0.05, 0) is 26.8 Å². The fraction of sp³-hybridized carbons (Fsp3) is 0.400. The Labute approximate surface area is 123 Å². The first-order valence-corrected chi connectivity index (χ1v) is 6.99. The molecule has 5 heteroatoms. The van der Waals surface area contributed by atoms with E-state index in [9.17, 15) is 5.11 Å². The van der Waals surface area contributed by atoms with Crippen molar-refractivity contribution in [2.45, 2.75) is 40.5 Å². The van der Waals surface area contributed by atoms with E-state index in [0.717, 1.165) is 29.1 Å². The largest absolute Gasteiger partial charge is 0.487 e. The van der Waals surface area contributed by atoms with Gasteiger partial charge in [0.15, 0.2) is 0 Å². The average Bonchev–Trinajstić information content (AvgIpc) is 2.72. The summed E-state index contributed by atoms with van der Waals surface area (Å²) >= 11 is 6.25. The fourth-order valence-corrected chi connectivity index (χ4v) is 2.32. The van der Waals surface area contributed by atoms with Crippen LogP contribution in [-0.2, 0) is 19.8 Å². The van der Waals surface area contributed by atoms with E-state index in [2.05, 4.69) is 5.10 Å². The number of nitrogens with zero attached hydrogens (tertiary/aromatic N) is 2. The third-order valence-electron chi connectivity index (χ3n) is 3.20. The van der Waals surface area contributed by atoms with E-state index in [-0.39, 0.29) is 6.61 Å². The molecule has 2 rings (SSSR count). The van der Waals surface area contributed by atoms with Crippen LogP contribution in [-0.4, -0.2) is 14.9 Å². The van der Waals surface area contributed by atoms with Crippen LogP contribution >= 0.6 is 11.6 Å². The second-order valence-corrected chi connectivity index (χ2v) is 5.10. The maximum absolute atomic E-state index is 9.38. The highest BCUT2D eigenvalue weighted by Crippen LogP contribution is 2.25. The minimum atomic E-state index is -0.0448. The lowest BCUT2D eigenvalue weighted by atomic mass is 10.1. The molecule has 0 spiro atoms. The van der Waals surface area contributed by atoms with Crippen LogP contribution in [0.15, 0.2) is 18.2 Å². The molecule has 0 unspecified atom stereocenters. The summed E-state index contributed by atoms with van der Waals surface area (Å²) in [6, 6.07) is 5.74. The lowest BCUT2D eigenvalue weighted by Crippen LogP contribution is -2.07. The van der Waals surface area contributed by atoms with E-state index in [1.165, 1.54) is 0 Å². The second-order valence-electron chi connectivity index (χ2n) is 4.72. The zero-order valence-electron chi connectivity index (χ0n) is 12.0. The number of aliphatic hydroxyl groups excluding tert-OH is 1. The Morgan fingerprint density at radius 1 is 1.35 bits per heavy atom. The maximum Gasteiger partial charge on any atom is 0.131 e. The highest BCUT2D eigenvalue weighted by Gasteiger charge is 2.13. The highest BCUT2D eigenvalue weighted by molar-refractivity contribution is 6.31. The Morgan fingerprint density at radius 2 is 2.10 bits per heavy atom. The Kier molecular flexibility index (Phi) is 4.68. The van der Waals surface area contributed by atoms with Gasteiger partial charge >= 0.3 is 0 Å². The molecule has 0 aliphatic rings. The standard InChI is InChI=1S/C15H19ClN2O2/c1-4-18-13(15(16)11(3)17-18)9-20-14-6-5-10(2)7-12(14)8-19/h5-7,19H,4,8-9H2,1-3H3. The van der Waals surface area contributed by atoms with Gasteiger partial charge in [-0.15, -0.1) is 0 Å². The van der Waals surface area contributed by atoms with Crippen LogP contribution in [0.1, 0.15) is 29.4 Å². The van der Waals surface area contributed by atoms with Crippen molar-refractivity contribution >= 4 is 11.6 Å². The van der Waals surface area contributed by atoms with Crippen LogP contribution in [0.25, 0.3) is 0 Å². The maximum atomic E-state index is 9.38. The molecule has 2 aromatic rings. The second kappa shape index (κ2) is 6.29. The first-order valence-electron chi connectivity index (χ1n) is 6.61. The minimum absolute atomic E-state index is 0.0448. The summed E-state index contributed by atoms with van der Waals surface area (Å²) in [5, 5.41) is 14.4. The van der Waals surface area contributed by atoms with E-state index in [1.807, 2.05) is 43.7 Å². The molecule has 0 aliphatic heterocycles. The molecule has 108 valence electrons. The zero-order chi connectivity index (χ0) is 14.7. The van der Waals surface area contributed by atoms with Gasteiger partial charge in [-0.2, -0.15) is 5.10 Å². The van der Waals surface area contributed by atoms with Gasteiger partial charge in [-0.25, -0.2) is 0 Å². The molecule has 0 atom stereocenters. The number of benzene rings is 1. The molecule has 0 fully saturated rings. The summed E-state index contributed by atoms with van der Waals surface area (Å²) in [5.74, 6) is 0.677. The summed E-state index contributed by atoms with van der Waals surface area (Å²) in [6.07, 6.45) is 0. The van der Waals surface area contributed by atoms with Crippen molar-refractivity contribution in [1.29, 1.82) is 0 Å². The molecular weight excluding hydrogens is 276 g/mol. The third kappa shape index (κ3) is 2.97. The Balaban J connectivity index is 2.21. The van der Waals surface area contributed by atoms with E-state index < -0.39 is 0 Å². The van der Waals surface area contributed by atoms with E-state index in [1.54, 1.807) is 0 Å². The van der Waals surface area contributed by atoms with Crippen LogP contribution in [0.3, 0.4) is 0 Å². The number of ether oxygens (including phenoxy) is 1. The van der Waals surface area contributed by atoms with Gasteiger partial charge in [0.05, 0.1) is 23.0 Å². The smallest absolute Gasteiger partial charge is 0.131 e. The number of aryl methyl sites for hydroxylation is 3. The molecular formula is C15H19ClN2O2. The third-order valence-corrected chi connectivity index (χ3v) is 3.70. The van der Waals surface area contributed by atoms with Crippen LogP contribution in [0.5, 0.6) is 5.75 Å². The summed E-state index contributed by atoms with van der Waals surface area (Å²) in [4.78, 5) is 0. The molecule has 0 aliphatic carbocycles. The molecule has 20 heavy (non-hydrogen) atoms. The van der Waals surface area contributed by atoms with Crippen molar-refractivity contribution in [1.82, 2.24) is 9.78 Å². The van der Waals surface area contributed by atoms with E-state index >= 15 is 0 Å². The highest BCUT2D eigenvalue weighted by atomic mass is 35.5. The number of hydrogen-bond acceptors (Lipinski definition) is 3. The molecule has 0 saturated carbocycles. The first-order chi connectivity index (χ1) is 9.56. The van der Waals surface area contributed by atoms with Gasteiger partial charge in [0.2, 0.25) is 0 Å². The number of rotatable bonds is 5. The normalized spacial score (nSPS) is 10.8. The fourth-order valence-electron chi connectivity index (χ4n) is 2.13. The van der Waals surface area contributed by atoms with E-state index in [0.29, 0.717) is 17.4 Å². The molecule has 4 nitrogen and oxygen atoms in total. The topological polar surface area (TPSA) is 47.3 Å². The van der Waals surface area contributed by atoms with Crippen LogP contribution in [0, 0.1) is 13.8 Å². The lowest BCUT2D eigenvalue weighted by Gasteiger charge is -2.12. The van der Waals surface area contributed by atoms with Crippen molar-refractivity contribution in [2.24, 2.45) is 0 Å². The van der Waals surface area contributed by atoms with Crippen molar-refractivity contribution in [3.8, 4) is 5.75 Å². The van der Waals surface area contributed by atoms with Gasteiger partial charge < -0.3 is 9.84 Å². The molecule has 0 saturated heterocycles. The molecule has 1 N–H and O–H groups in total. The minimum Gasteiger partial charge on any atom is -0.487 e. The average molecular weight is 295 g/mol. The molecule has 1 aromatic heterocycles. The van der Waals surface area contributed by atoms with Crippen LogP contribution < -0.4 is 4.74 Å². The predicted octanol–water partition coefficient (Wildman–Crippen LogP) is 3.24. The van der Waals surface area contributed by atoms with Crippen LogP contribution in [0.4, 0.5) is 0 Å². The zero-order valence-corrected chi connectivity index (χ0v) is 12.7. The van der Waals surface area contributed by atoms with Crippen molar-refractivity contribution in [2.75, 3.05) is 0 Å². The molecule has 1 heterocycles. The van der Waals surface area contributed by atoms with Crippen molar-refractivity contribution < 1.29 is 9.84 Å². The summed E-state index contributed by atoms with van der Waals surface area (Å²) in [5.41, 5.74) is 3.53. The SMILES string of the molecule is CCn1nc(C)c(Cl)c1COc1ccc(C)cc1CO. The Bertz CT molecular complexity index is 608. The number of aromatic nitrogens is 2. The summed E-state index contributed by atoms with van der Waals surface area (Å²) in [6.45, 7) is 6.91. The summed E-state index contributed by atoms with van der Waals surface area (Å²) in [7, 11) is 0. The van der Waals surface area contributed by atoms with Gasteiger partial charge in [0, 0.05) is 12.1 Å². The monoisotopic (exact) mass is 294 g/mol. The first kappa shape index (κ1) is 14.9. The Morgan fingerprint density at radius 3 is 2.75 bits per heavy atom. The van der Waals surface area contributed by atoms with Gasteiger partial charge in [0.1, 0.15) is 12.4 Å².